The second kappa shape index (κ2) is 8.91. The number of rotatable bonds is 6. The first-order valence-electron chi connectivity index (χ1n) is 12.4. The Morgan fingerprint density at radius 2 is 1.89 bits per heavy atom. The summed E-state index contributed by atoms with van der Waals surface area (Å²) in [5.41, 5.74) is 4.52. The van der Waals surface area contributed by atoms with Crippen LogP contribution in [0.5, 0.6) is 0 Å². The number of nitrogens with one attached hydrogen (secondary N) is 1. The maximum absolute atomic E-state index is 13.8. The zero-order chi connectivity index (χ0) is 24.1. The van der Waals surface area contributed by atoms with E-state index in [9.17, 15) is 13.6 Å². The first-order chi connectivity index (χ1) is 17.0. The number of anilines is 2. The van der Waals surface area contributed by atoms with Crippen LogP contribution in [0.25, 0.3) is 5.65 Å². The summed E-state index contributed by atoms with van der Waals surface area (Å²) in [4.78, 5) is 22.9. The van der Waals surface area contributed by atoms with Crippen LogP contribution in [0.4, 0.5) is 11.5 Å². The number of piperidine rings is 1. The molecule has 2 atom stereocenters. The number of aryl methyl sites for hydroxylation is 1. The Morgan fingerprint density at radius 3 is 2.60 bits per heavy atom. The van der Waals surface area contributed by atoms with E-state index in [2.05, 4.69) is 15.7 Å². The summed E-state index contributed by atoms with van der Waals surface area (Å²) < 4.78 is 25.3. The number of benzene rings is 1. The number of aromatic nitrogens is 3. The van der Waals surface area contributed by atoms with Gasteiger partial charge in [0.05, 0.1) is 23.0 Å². The first-order valence-corrected chi connectivity index (χ1v) is 13.5. The molecule has 35 heavy (non-hydrogen) atoms. The summed E-state index contributed by atoms with van der Waals surface area (Å²) in [6.07, 6.45) is 6.33. The van der Waals surface area contributed by atoms with Crippen molar-refractivity contribution in [2.24, 2.45) is 0 Å². The Hall–Kier alpha value is -2.98. The van der Waals surface area contributed by atoms with Gasteiger partial charge in [0.25, 0.3) is 17.2 Å². The lowest BCUT2D eigenvalue weighted by Gasteiger charge is -2.35. The van der Waals surface area contributed by atoms with Gasteiger partial charge in [-0.15, -0.1) is 0 Å². The van der Waals surface area contributed by atoms with Gasteiger partial charge in [0, 0.05) is 43.4 Å². The third-order valence-electron chi connectivity index (χ3n) is 7.33. The van der Waals surface area contributed by atoms with Crippen LogP contribution in [0.3, 0.4) is 0 Å². The normalized spacial score (nSPS) is 21.1. The van der Waals surface area contributed by atoms with Crippen molar-refractivity contribution in [2.75, 3.05) is 29.3 Å². The van der Waals surface area contributed by atoms with Crippen molar-refractivity contribution < 1.29 is 13.6 Å². The van der Waals surface area contributed by atoms with E-state index in [1.165, 1.54) is 19.3 Å². The van der Waals surface area contributed by atoms with Crippen molar-refractivity contribution in [3.63, 3.8) is 0 Å². The fourth-order valence-electron chi connectivity index (χ4n) is 5.17. The molecule has 0 spiro atoms. The van der Waals surface area contributed by atoms with Gasteiger partial charge in [-0.3, -0.25) is 14.1 Å². The Labute approximate surface area is 206 Å². The van der Waals surface area contributed by atoms with Gasteiger partial charge in [0.15, 0.2) is 5.65 Å². The highest BCUT2D eigenvalue weighted by molar-refractivity contribution is 7.80. The molecule has 3 aromatic rings. The minimum Gasteiger partial charge on any atom is -0.356 e. The fraction of sp³-hybridized carbons (Fsp3) is 0.480. The summed E-state index contributed by atoms with van der Waals surface area (Å²) in [7, 11) is 0. The van der Waals surface area contributed by atoms with Crippen LogP contribution < -0.4 is 9.62 Å². The Morgan fingerprint density at radius 1 is 1.06 bits per heavy atom. The molecule has 3 fully saturated rings. The third kappa shape index (κ3) is 4.29. The average molecular weight is 495 g/mol. The highest BCUT2D eigenvalue weighted by Gasteiger charge is 2.33. The van der Waals surface area contributed by atoms with Gasteiger partial charge in [-0.25, -0.2) is 9.19 Å². The predicted octanol–water partition coefficient (Wildman–Crippen LogP) is 4.04. The monoisotopic (exact) mass is 494 g/mol. The Balaban J connectivity index is 1.38. The van der Waals surface area contributed by atoms with Crippen LogP contribution in [0.1, 0.15) is 77.8 Å². The van der Waals surface area contributed by atoms with Crippen molar-refractivity contribution in [1.29, 1.82) is 0 Å². The van der Waals surface area contributed by atoms with Crippen molar-refractivity contribution in [1.82, 2.24) is 19.5 Å². The van der Waals surface area contributed by atoms with Gasteiger partial charge < -0.3 is 9.80 Å². The zero-order valence-corrected chi connectivity index (χ0v) is 20.6. The van der Waals surface area contributed by atoms with Crippen LogP contribution in [0.15, 0.2) is 30.3 Å². The molecule has 2 aliphatic heterocycles. The van der Waals surface area contributed by atoms with Gasteiger partial charge in [0.1, 0.15) is 5.82 Å². The van der Waals surface area contributed by atoms with Crippen molar-refractivity contribution in [2.45, 2.75) is 57.4 Å². The van der Waals surface area contributed by atoms with Crippen molar-refractivity contribution in [3.05, 3.63) is 52.8 Å². The van der Waals surface area contributed by atoms with E-state index in [0.717, 1.165) is 60.8 Å². The molecule has 0 radical (unpaired) electrons. The summed E-state index contributed by atoms with van der Waals surface area (Å²) in [5.74, 6) is 1.49. The van der Waals surface area contributed by atoms with E-state index in [0.29, 0.717) is 23.7 Å². The molecule has 1 aromatic carbocycles. The fourth-order valence-corrected chi connectivity index (χ4v) is 5.54. The summed E-state index contributed by atoms with van der Waals surface area (Å²) in [5, 5.41) is 4.99. The summed E-state index contributed by atoms with van der Waals surface area (Å²) in [6.45, 7) is 4.59. The molecule has 2 aromatic heterocycles. The van der Waals surface area contributed by atoms with Crippen LogP contribution in [-0.2, 0) is 11.3 Å². The van der Waals surface area contributed by atoms with Gasteiger partial charge in [-0.05, 0) is 57.6 Å². The number of likely N-dealkylation sites (tertiary alicyclic amines) is 1. The zero-order valence-electron chi connectivity index (χ0n) is 19.8. The minimum absolute atomic E-state index is 0.155. The molecule has 1 unspecified atom stereocenters. The van der Waals surface area contributed by atoms with Crippen LogP contribution in [-0.4, -0.2) is 53.8 Å². The van der Waals surface area contributed by atoms with E-state index >= 15 is 0 Å². The maximum atomic E-state index is 13.8. The number of hydrogen-bond acceptors (Lipinski definition) is 5. The molecule has 1 aliphatic carbocycles. The second-order valence-electron chi connectivity index (χ2n) is 9.90. The molecule has 1 saturated carbocycles. The molecule has 4 heterocycles. The number of carbonyl (C=O) groups is 1. The maximum Gasteiger partial charge on any atom is 0.259 e. The van der Waals surface area contributed by atoms with E-state index in [4.69, 9.17) is 10.1 Å². The van der Waals surface area contributed by atoms with Crippen molar-refractivity contribution >= 4 is 34.3 Å². The first kappa shape index (κ1) is 22.5. The quantitative estimate of drug-likeness (QED) is 0.502. The lowest BCUT2D eigenvalue weighted by Crippen LogP contribution is -2.39. The highest BCUT2D eigenvalue weighted by atomic mass is 32.2. The largest absolute Gasteiger partial charge is 0.356 e. The Kier molecular flexibility index (Phi) is 5.72. The second-order valence-corrected chi connectivity index (χ2v) is 10.6. The average Bonchev–Trinajstić information content (AvgIpc) is 3.57. The molecular weight excluding hydrogens is 464 g/mol. The third-order valence-corrected chi connectivity index (χ3v) is 7.73. The smallest absolute Gasteiger partial charge is 0.259 e. The van der Waals surface area contributed by atoms with E-state index in [-0.39, 0.29) is 11.9 Å². The topological polar surface area (TPSA) is 103 Å². The molecule has 9 nitrogen and oxygen atoms in total. The van der Waals surface area contributed by atoms with Crippen molar-refractivity contribution in [3.8, 4) is 0 Å². The number of carbonyl (C=O) groups excluding carboxylic acids is 1. The molecule has 0 bridgehead atoms. The van der Waals surface area contributed by atoms with E-state index < -0.39 is 11.3 Å². The molecule has 10 heteroatoms. The molecule has 6 rings (SSSR count). The summed E-state index contributed by atoms with van der Waals surface area (Å²) >= 11 is -2.26. The molecular formula is C25H30N6O3S. The van der Waals surface area contributed by atoms with Gasteiger partial charge in [0.2, 0.25) is 0 Å². The van der Waals surface area contributed by atoms with Gasteiger partial charge >= 0.3 is 0 Å². The van der Waals surface area contributed by atoms with Gasteiger partial charge in [-0.1, -0.05) is 11.6 Å². The predicted molar refractivity (Wildman–Crippen MR) is 135 cm³/mol. The van der Waals surface area contributed by atoms with Crippen LogP contribution in [0, 0.1) is 6.92 Å². The summed E-state index contributed by atoms with van der Waals surface area (Å²) in [6, 6.07) is 9.36. The van der Waals surface area contributed by atoms with Crippen LogP contribution >= 0.6 is 0 Å². The van der Waals surface area contributed by atoms with E-state index in [1.807, 2.05) is 28.5 Å². The molecule has 1 amide bonds. The molecule has 184 valence electrons. The molecule has 2 saturated heterocycles. The lowest BCUT2D eigenvalue weighted by molar-refractivity contribution is 0.0606. The number of fused-ring (bicyclic) bond motifs is 1. The molecule has 3 aliphatic rings. The van der Waals surface area contributed by atoms with Gasteiger partial charge in [-0.2, -0.15) is 9.61 Å². The SMILES string of the molecule is Cc1ccc(NS(=O)O)c(C(=O)N2CCCC[C@H]2c2cc3nc(C4CC4)cc(N4CCC4)n3n2)c1. The van der Waals surface area contributed by atoms with E-state index in [1.54, 1.807) is 12.1 Å². The lowest BCUT2D eigenvalue weighted by atomic mass is 9.97. The van der Waals surface area contributed by atoms with Crippen LogP contribution in [0.2, 0.25) is 0 Å². The number of nitrogens with zero attached hydrogens (tertiary/aromatic N) is 5. The number of hydrogen-bond donors (Lipinski definition) is 2. The number of amides is 1. The molecule has 2 N–H and O–H groups in total. The minimum atomic E-state index is -2.26. The highest BCUT2D eigenvalue weighted by Crippen LogP contribution is 2.41. The standard InChI is InChI=1S/C25H30N6O3S/c1-16-6-9-19(28-35(33)34)18(13-16)25(32)30-12-3-2-5-22(30)21-14-23-26-20(17-7-8-17)15-24(31(23)27-21)29-10-4-11-29/h6,9,13-15,17,22,28H,2-5,7-8,10-12H2,1H3,(H,33,34)/t22-/m0/s1. The Bertz CT molecular complexity index is 1320.